The van der Waals surface area contributed by atoms with Gasteiger partial charge in [0.2, 0.25) is 5.91 Å². The summed E-state index contributed by atoms with van der Waals surface area (Å²) in [4.78, 5) is 25.8. The number of carbonyl (C=O) groups excluding carboxylic acids is 2. The summed E-state index contributed by atoms with van der Waals surface area (Å²) in [6, 6.07) is 17.7. The topological polar surface area (TPSA) is 94.0 Å². The van der Waals surface area contributed by atoms with Crippen LogP contribution in [0.15, 0.2) is 66.7 Å². The van der Waals surface area contributed by atoms with Crippen molar-refractivity contribution in [3.05, 3.63) is 101 Å². The second-order valence-corrected chi connectivity index (χ2v) is 9.13. The van der Waals surface area contributed by atoms with Crippen molar-refractivity contribution in [3.8, 4) is 6.07 Å². The van der Waals surface area contributed by atoms with E-state index in [1.165, 1.54) is 30.3 Å². The highest BCUT2D eigenvalue weighted by atomic mass is 19.1. The van der Waals surface area contributed by atoms with Crippen LogP contribution in [-0.2, 0) is 16.6 Å². The molecular formula is C28H26F2N4O2. The first-order valence-electron chi connectivity index (χ1n) is 11.6. The van der Waals surface area contributed by atoms with Gasteiger partial charge in [-0.3, -0.25) is 4.79 Å². The maximum atomic E-state index is 14.1. The normalized spacial score (nSPS) is 14.3. The van der Waals surface area contributed by atoms with Gasteiger partial charge in [0, 0.05) is 24.1 Å². The van der Waals surface area contributed by atoms with Gasteiger partial charge in [0.1, 0.15) is 17.7 Å². The molecule has 1 aliphatic carbocycles. The lowest BCUT2D eigenvalue weighted by Gasteiger charge is -2.22. The average molecular weight is 489 g/mol. The molecule has 1 fully saturated rings. The highest BCUT2D eigenvalue weighted by Crippen LogP contribution is 2.47. The van der Waals surface area contributed by atoms with E-state index in [2.05, 4.69) is 16.0 Å². The molecule has 0 radical (unpaired) electrons. The van der Waals surface area contributed by atoms with Crippen LogP contribution in [-0.4, -0.2) is 24.5 Å². The van der Waals surface area contributed by atoms with Crippen molar-refractivity contribution in [3.63, 3.8) is 0 Å². The van der Waals surface area contributed by atoms with E-state index in [0.29, 0.717) is 23.4 Å². The van der Waals surface area contributed by atoms with E-state index in [1.54, 1.807) is 37.3 Å². The van der Waals surface area contributed by atoms with E-state index in [4.69, 9.17) is 5.26 Å². The van der Waals surface area contributed by atoms with Crippen molar-refractivity contribution in [2.45, 2.75) is 37.6 Å². The van der Waals surface area contributed by atoms with Crippen molar-refractivity contribution in [2.75, 3.05) is 11.9 Å². The number of urea groups is 1. The van der Waals surface area contributed by atoms with E-state index >= 15 is 0 Å². The number of anilines is 1. The van der Waals surface area contributed by atoms with Crippen LogP contribution >= 0.6 is 0 Å². The summed E-state index contributed by atoms with van der Waals surface area (Å²) in [5, 5.41) is 17.2. The molecule has 8 heteroatoms. The number of aryl methyl sites for hydroxylation is 1. The molecule has 0 heterocycles. The minimum absolute atomic E-state index is 0.195. The van der Waals surface area contributed by atoms with E-state index in [9.17, 15) is 18.4 Å². The van der Waals surface area contributed by atoms with Crippen LogP contribution in [0.4, 0.5) is 19.3 Å². The second kappa shape index (κ2) is 10.6. The van der Waals surface area contributed by atoms with E-state index in [1.807, 2.05) is 12.1 Å². The SMILES string of the molecule is Cc1ccc(C2(CNC(=O)[C@H](Cc3ccc(C#N)cc3)NC(=O)Nc3ccc(F)cc3)CC2)cc1F. The van der Waals surface area contributed by atoms with Crippen LogP contribution in [0, 0.1) is 29.9 Å². The van der Waals surface area contributed by atoms with E-state index < -0.39 is 17.9 Å². The van der Waals surface area contributed by atoms with Crippen molar-refractivity contribution in [2.24, 2.45) is 0 Å². The molecule has 36 heavy (non-hydrogen) atoms. The molecule has 3 N–H and O–H groups in total. The Morgan fingerprint density at radius 1 is 1.03 bits per heavy atom. The number of rotatable bonds is 8. The largest absolute Gasteiger partial charge is 0.353 e. The monoisotopic (exact) mass is 488 g/mol. The second-order valence-electron chi connectivity index (χ2n) is 9.13. The summed E-state index contributed by atoms with van der Waals surface area (Å²) in [5.74, 6) is -1.09. The van der Waals surface area contributed by atoms with E-state index in [-0.39, 0.29) is 23.6 Å². The predicted molar refractivity (Wildman–Crippen MR) is 132 cm³/mol. The molecule has 0 spiro atoms. The maximum Gasteiger partial charge on any atom is 0.319 e. The quantitative estimate of drug-likeness (QED) is 0.428. The fourth-order valence-corrected chi connectivity index (χ4v) is 4.04. The van der Waals surface area contributed by atoms with Gasteiger partial charge in [-0.2, -0.15) is 5.26 Å². The van der Waals surface area contributed by atoms with Crippen molar-refractivity contribution < 1.29 is 18.4 Å². The number of benzene rings is 3. The summed E-state index contributed by atoms with van der Waals surface area (Å²) < 4.78 is 27.3. The van der Waals surface area contributed by atoms with Crippen molar-refractivity contribution in [1.29, 1.82) is 5.26 Å². The minimum Gasteiger partial charge on any atom is -0.353 e. The van der Waals surface area contributed by atoms with Gasteiger partial charge in [0.05, 0.1) is 11.6 Å². The molecular weight excluding hydrogens is 462 g/mol. The zero-order valence-corrected chi connectivity index (χ0v) is 19.8. The molecule has 0 aliphatic heterocycles. The summed E-state index contributed by atoms with van der Waals surface area (Å²) in [7, 11) is 0. The smallest absolute Gasteiger partial charge is 0.319 e. The molecule has 0 bridgehead atoms. The molecule has 3 amide bonds. The molecule has 3 aromatic rings. The van der Waals surface area contributed by atoms with Gasteiger partial charge in [0.25, 0.3) is 0 Å². The van der Waals surface area contributed by atoms with Crippen LogP contribution in [0.3, 0.4) is 0 Å². The van der Waals surface area contributed by atoms with Gasteiger partial charge in [0.15, 0.2) is 0 Å². The third kappa shape index (κ3) is 6.05. The van der Waals surface area contributed by atoms with E-state index in [0.717, 1.165) is 24.0 Å². The first-order chi connectivity index (χ1) is 17.3. The van der Waals surface area contributed by atoms with Gasteiger partial charge >= 0.3 is 6.03 Å². The molecule has 0 saturated heterocycles. The Morgan fingerprint density at radius 2 is 1.72 bits per heavy atom. The van der Waals surface area contributed by atoms with Crippen LogP contribution in [0.2, 0.25) is 0 Å². The third-order valence-electron chi connectivity index (χ3n) is 6.49. The molecule has 4 rings (SSSR count). The summed E-state index contributed by atoms with van der Waals surface area (Å²) in [6.07, 6.45) is 1.85. The molecule has 0 unspecified atom stereocenters. The van der Waals surface area contributed by atoms with Gasteiger partial charge in [-0.25, -0.2) is 13.6 Å². The molecule has 0 aromatic heterocycles. The fourth-order valence-electron chi connectivity index (χ4n) is 4.04. The molecule has 1 atom stereocenters. The Balaban J connectivity index is 1.45. The Bertz CT molecular complexity index is 1300. The lowest BCUT2D eigenvalue weighted by atomic mass is 9.94. The maximum absolute atomic E-state index is 14.1. The summed E-state index contributed by atoms with van der Waals surface area (Å²) >= 11 is 0. The van der Waals surface area contributed by atoms with Crippen LogP contribution in [0.5, 0.6) is 0 Å². The molecule has 3 aromatic carbocycles. The molecule has 1 aliphatic rings. The average Bonchev–Trinajstić information content (AvgIpc) is 3.67. The van der Waals surface area contributed by atoms with Gasteiger partial charge in [-0.1, -0.05) is 24.3 Å². The molecule has 1 saturated carbocycles. The number of nitriles is 1. The van der Waals surface area contributed by atoms with Gasteiger partial charge < -0.3 is 16.0 Å². The zero-order chi connectivity index (χ0) is 25.7. The Labute approximate surface area is 208 Å². The minimum atomic E-state index is -0.913. The zero-order valence-electron chi connectivity index (χ0n) is 19.8. The van der Waals surface area contributed by atoms with Gasteiger partial charge in [-0.15, -0.1) is 0 Å². The number of hydrogen-bond acceptors (Lipinski definition) is 3. The van der Waals surface area contributed by atoms with Crippen LogP contribution < -0.4 is 16.0 Å². The highest BCUT2D eigenvalue weighted by molar-refractivity contribution is 5.93. The fraction of sp³-hybridized carbons (Fsp3) is 0.250. The first-order valence-corrected chi connectivity index (χ1v) is 11.6. The lowest BCUT2D eigenvalue weighted by molar-refractivity contribution is -0.123. The predicted octanol–water partition coefficient (Wildman–Crippen LogP) is 4.73. The van der Waals surface area contributed by atoms with Crippen LogP contribution in [0.1, 0.15) is 35.1 Å². The standard InChI is InChI=1S/C28H26F2N4O2/c1-18-2-7-21(15-24(18)30)28(12-13-28)17-32-26(35)25(14-19-3-5-20(16-31)6-4-19)34-27(36)33-23-10-8-22(29)9-11-23/h2-11,15,25H,12-14,17H2,1H3,(H,32,35)(H2,33,34,36)/t25-/m0/s1. The first kappa shape index (κ1) is 24.9. The van der Waals surface area contributed by atoms with Crippen LogP contribution in [0.25, 0.3) is 0 Å². The molecule has 6 nitrogen and oxygen atoms in total. The highest BCUT2D eigenvalue weighted by Gasteiger charge is 2.45. The lowest BCUT2D eigenvalue weighted by Crippen LogP contribution is -2.50. The summed E-state index contributed by atoms with van der Waals surface area (Å²) in [6.45, 7) is 2.02. The van der Waals surface area contributed by atoms with Crippen molar-refractivity contribution >= 4 is 17.6 Å². The summed E-state index contributed by atoms with van der Waals surface area (Å²) in [5.41, 5.74) is 2.72. The number of halogens is 2. The number of hydrogen-bond donors (Lipinski definition) is 3. The third-order valence-corrected chi connectivity index (χ3v) is 6.49. The number of carbonyl (C=O) groups is 2. The Kier molecular flexibility index (Phi) is 7.30. The van der Waals surface area contributed by atoms with Gasteiger partial charge in [-0.05, 0) is 78.9 Å². The Morgan fingerprint density at radius 3 is 2.33 bits per heavy atom. The molecule has 184 valence electrons. The van der Waals surface area contributed by atoms with Crippen molar-refractivity contribution in [1.82, 2.24) is 10.6 Å². The number of nitrogens with zero attached hydrogens (tertiary/aromatic N) is 1. The number of nitrogens with one attached hydrogen (secondary N) is 3. The Hall–Kier alpha value is -4.25. The number of amides is 3.